The Morgan fingerprint density at radius 3 is 2.57 bits per heavy atom. The Hall–Kier alpha value is -2.37. The average molecular weight is 313 g/mol. The summed E-state index contributed by atoms with van der Waals surface area (Å²) in [5.74, 6) is 0.585. The molecule has 0 aliphatic heterocycles. The highest BCUT2D eigenvalue weighted by Gasteiger charge is 2.06. The number of carbonyl (C=O) groups is 1. The predicted octanol–water partition coefficient (Wildman–Crippen LogP) is 2.34. The zero-order chi connectivity index (χ0) is 16.7. The predicted molar refractivity (Wildman–Crippen MR) is 92.8 cm³/mol. The lowest BCUT2D eigenvalue weighted by molar-refractivity contribution is 0.102. The largest absolute Gasteiger partial charge is 0.492 e. The van der Waals surface area contributed by atoms with E-state index in [0.717, 1.165) is 17.9 Å². The lowest BCUT2D eigenvalue weighted by Crippen LogP contribution is -2.19. The molecule has 0 spiro atoms. The highest BCUT2D eigenvalue weighted by molar-refractivity contribution is 6.04. The first kappa shape index (κ1) is 17.0. The van der Waals surface area contributed by atoms with E-state index in [1.54, 1.807) is 12.1 Å². The topological polar surface area (TPSA) is 67.6 Å². The summed E-state index contributed by atoms with van der Waals surface area (Å²) in [7, 11) is 3.99. The molecule has 0 saturated heterocycles. The van der Waals surface area contributed by atoms with Crippen molar-refractivity contribution >= 4 is 11.6 Å². The fraction of sp³-hybridized carbons (Fsp3) is 0.278. The van der Waals surface area contributed by atoms with Crippen LogP contribution in [0.1, 0.15) is 15.9 Å². The van der Waals surface area contributed by atoms with Crippen LogP contribution in [0.2, 0.25) is 0 Å². The zero-order valence-corrected chi connectivity index (χ0v) is 13.6. The molecule has 2 rings (SSSR count). The summed E-state index contributed by atoms with van der Waals surface area (Å²) in [6, 6.07) is 14.7. The van der Waals surface area contributed by atoms with E-state index < -0.39 is 0 Å². The van der Waals surface area contributed by atoms with Gasteiger partial charge in [-0.3, -0.25) is 4.79 Å². The Morgan fingerprint density at radius 1 is 1.17 bits per heavy atom. The van der Waals surface area contributed by atoms with Crippen molar-refractivity contribution < 1.29 is 9.53 Å². The van der Waals surface area contributed by atoms with Gasteiger partial charge in [0.1, 0.15) is 12.4 Å². The van der Waals surface area contributed by atoms with Crippen LogP contribution in [0, 0.1) is 0 Å². The number of likely N-dealkylation sites (N-methyl/N-ethyl adjacent to an activating group) is 1. The second-order valence-corrected chi connectivity index (χ2v) is 5.53. The summed E-state index contributed by atoms with van der Waals surface area (Å²) < 4.78 is 5.67. The van der Waals surface area contributed by atoms with E-state index in [1.807, 2.05) is 50.5 Å². The Labute approximate surface area is 137 Å². The Balaban J connectivity index is 1.97. The molecule has 0 aromatic heterocycles. The molecule has 0 atom stereocenters. The van der Waals surface area contributed by atoms with E-state index >= 15 is 0 Å². The van der Waals surface area contributed by atoms with Crippen LogP contribution >= 0.6 is 0 Å². The van der Waals surface area contributed by atoms with Crippen LogP contribution in [0.5, 0.6) is 5.75 Å². The van der Waals surface area contributed by atoms with Gasteiger partial charge in [-0.2, -0.15) is 0 Å². The van der Waals surface area contributed by atoms with E-state index in [9.17, 15) is 4.79 Å². The van der Waals surface area contributed by atoms with Gasteiger partial charge in [-0.1, -0.05) is 18.2 Å². The van der Waals surface area contributed by atoms with Crippen molar-refractivity contribution in [3.8, 4) is 5.75 Å². The highest BCUT2D eigenvalue weighted by Crippen LogP contribution is 2.18. The molecule has 0 aliphatic carbocycles. The SMILES string of the molecule is CN(C)CCOc1cccc(NC(=O)c2ccc(CN)cc2)c1. The monoisotopic (exact) mass is 313 g/mol. The van der Waals surface area contributed by atoms with Crippen LogP contribution in [-0.4, -0.2) is 38.1 Å². The summed E-state index contributed by atoms with van der Waals surface area (Å²) in [4.78, 5) is 14.3. The molecule has 0 heterocycles. The van der Waals surface area contributed by atoms with E-state index in [1.165, 1.54) is 0 Å². The smallest absolute Gasteiger partial charge is 0.255 e. The van der Waals surface area contributed by atoms with Crippen molar-refractivity contribution in [2.45, 2.75) is 6.54 Å². The van der Waals surface area contributed by atoms with E-state index in [4.69, 9.17) is 10.5 Å². The van der Waals surface area contributed by atoms with Crippen LogP contribution < -0.4 is 15.8 Å². The summed E-state index contributed by atoms with van der Waals surface area (Å²) in [6.45, 7) is 1.91. The van der Waals surface area contributed by atoms with E-state index in [-0.39, 0.29) is 5.91 Å². The molecule has 0 aliphatic rings. The Morgan fingerprint density at radius 2 is 1.91 bits per heavy atom. The molecule has 0 radical (unpaired) electrons. The fourth-order valence-corrected chi connectivity index (χ4v) is 2.01. The second kappa shape index (κ2) is 8.31. The molecule has 5 heteroatoms. The van der Waals surface area contributed by atoms with E-state index in [0.29, 0.717) is 24.4 Å². The molecule has 2 aromatic rings. The number of ether oxygens (including phenoxy) is 1. The third-order valence-corrected chi connectivity index (χ3v) is 3.35. The van der Waals surface area contributed by atoms with Gasteiger partial charge in [0, 0.05) is 30.4 Å². The zero-order valence-electron chi connectivity index (χ0n) is 13.6. The third kappa shape index (κ3) is 5.39. The minimum atomic E-state index is -0.154. The number of rotatable bonds is 7. The molecule has 122 valence electrons. The normalized spacial score (nSPS) is 10.6. The number of hydrogen-bond donors (Lipinski definition) is 2. The molecule has 3 N–H and O–H groups in total. The summed E-state index contributed by atoms with van der Waals surface area (Å²) in [6.07, 6.45) is 0. The van der Waals surface area contributed by atoms with E-state index in [2.05, 4.69) is 10.2 Å². The maximum absolute atomic E-state index is 12.2. The third-order valence-electron chi connectivity index (χ3n) is 3.35. The number of nitrogens with two attached hydrogens (primary N) is 1. The van der Waals surface area contributed by atoms with Crippen molar-refractivity contribution in [2.24, 2.45) is 5.73 Å². The number of hydrogen-bond acceptors (Lipinski definition) is 4. The van der Waals surface area contributed by atoms with Gasteiger partial charge in [0.15, 0.2) is 0 Å². The van der Waals surface area contributed by atoms with Gasteiger partial charge in [-0.25, -0.2) is 0 Å². The number of nitrogens with one attached hydrogen (secondary N) is 1. The minimum absolute atomic E-state index is 0.154. The van der Waals surface area contributed by atoms with Crippen molar-refractivity contribution in [3.63, 3.8) is 0 Å². The van der Waals surface area contributed by atoms with Gasteiger partial charge in [0.2, 0.25) is 0 Å². The Kier molecular flexibility index (Phi) is 6.14. The van der Waals surface area contributed by atoms with Crippen molar-refractivity contribution in [1.82, 2.24) is 4.90 Å². The van der Waals surface area contributed by atoms with Gasteiger partial charge >= 0.3 is 0 Å². The van der Waals surface area contributed by atoms with Crippen LogP contribution in [0.25, 0.3) is 0 Å². The van der Waals surface area contributed by atoms with Crippen LogP contribution in [-0.2, 0) is 6.54 Å². The average Bonchev–Trinajstić information content (AvgIpc) is 2.55. The van der Waals surface area contributed by atoms with Gasteiger partial charge in [0.05, 0.1) is 0 Å². The molecule has 23 heavy (non-hydrogen) atoms. The fourth-order valence-electron chi connectivity index (χ4n) is 2.01. The van der Waals surface area contributed by atoms with Crippen molar-refractivity contribution in [1.29, 1.82) is 0 Å². The molecule has 0 saturated carbocycles. The van der Waals surface area contributed by atoms with Gasteiger partial charge in [0.25, 0.3) is 5.91 Å². The molecular weight excluding hydrogens is 290 g/mol. The van der Waals surface area contributed by atoms with Crippen LogP contribution in [0.4, 0.5) is 5.69 Å². The van der Waals surface area contributed by atoms with Crippen molar-refractivity contribution in [2.75, 3.05) is 32.6 Å². The molecule has 0 unspecified atom stereocenters. The molecule has 1 amide bonds. The first-order chi connectivity index (χ1) is 11.1. The number of amides is 1. The lowest BCUT2D eigenvalue weighted by atomic mass is 10.1. The van der Waals surface area contributed by atoms with Crippen LogP contribution in [0.15, 0.2) is 48.5 Å². The second-order valence-electron chi connectivity index (χ2n) is 5.53. The molecular formula is C18H23N3O2. The summed E-state index contributed by atoms with van der Waals surface area (Å²) in [5, 5.41) is 2.87. The number of anilines is 1. The number of carbonyl (C=O) groups excluding carboxylic acids is 1. The molecule has 0 fully saturated rings. The highest BCUT2D eigenvalue weighted by atomic mass is 16.5. The summed E-state index contributed by atoms with van der Waals surface area (Å²) >= 11 is 0. The molecule has 2 aromatic carbocycles. The molecule has 0 bridgehead atoms. The maximum atomic E-state index is 12.2. The quantitative estimate of drug-likeness (QED) is 0.823. The van der Waals surface area contributed by atoms with Gasteiger partial charge in [-0.05, 0) is 43.9 Å². The number of nitrogens with zero attached hydrogens (tertiary/aromatic N) is 1. The van der Waals surface area contributed by atoms with Crippen LogP contribution in [0.3, 0.4) is 0 Å². The van der Waals surface area contributed by atoms with Crippen molar-refractivity contribution in [3.05, 3.63) is 59.7 Å². The Bertz CT molecular complexity index is 639. The lowest BCUT2D eigenvalue weighted by Gasteiger charge is -2.12. The molecule has 5 nitrogen and oxygen atoms in total. The first-order valence-corrected chi connectivity index (χ1v) is 7.56. The standard InChI is InChI=1S/C18H23N3O2/c1-21(2)10-11-23-17-5-3-4-16(12-17)20-18(22)15-8-6-14(13-19)7-9-15/h3-9,12H,10-11,13,19H2,1-2H3,(H,20,22). The summed E-state index contributed by atoms with van der Waals surface area (Å²) in [5.41, 5.74) is 7.86. The number of benzene rings is 2. The van der Waals surface area contributed by atoms with Gasteiger partial charge in [-0.15, -0.1) is 0 Å². The minimum Gasteiger partial charge on any atom is -0.492 e. The maximum Gasteiger partial charge on any atom is 0.255 e. The van der Waals surface area contributed by atoms with Gasteiger partial charge < -0.3 is 20.7 Å². The first-order valence-electron chi connectivity index (χ1n) is 7.56.